The molecule has 2 heterocycles. The van der Waals surface area contributed by atoms with Crippen LogP contribution >= 0.6 is 0 Å². The van der Waals surface area contributed by atoms with Crippen molar-refractivity contribution in [3.05, 3.63) is 53.9 Å². The summed E-state index contributed by atoms with van der Waals surface area (Å²) in [5, 5.41) is 2.53. The molecule has 1 aliphatic rings. The third-order valence-electron chi connectivity index (χ3n) is 5.90. The Labute approximate surface area is 219 Å². The quantitative estimate of drug-likeness (QED) is 0.473. The fourth-order valence-corrected chi connectivity index (χ4v) is 4.27. The number of aromatic nitrogens is 1. The van der Waals surface area contributed by atoms with Crippen molar-refractivity contribution in [3.63, 3.8) is 0 Å². The van der Waals surface area contributed by atoms with Gasteiger partial charge in [0.15, 0.2) is 5.78 Å². The van der Waals surface area contributed by atoms with Crippen LogP contribution in [0.3, 0.4) is 0 Å². The fourth-order valence-electron chi connectivity index (χ4n) is 4.27. The van der Waals surface area contributed by atoms with Crippen molar-refractivity contribution in [3.8, 4) is 11.1 Å². The number of pyridine rings is 1. The molecule has 1 fully saturated rings. The van der Waals surface area contributed by atoms with E-state index in [1.165, 1.54) is 20.0 Å². The van der Waals surface area contributed by atoms with Crippen LogP contribution in [0.2, 0.25) is 0 Å². The van der Waals surface area contributed by atoms with E-state index in [4.69, 9.17) is 9.47 Å². The predicted octanol–water partition coefficient (Wildman–Crippen LogP) is 5.09. The van der Waals surface area contributed by atoms with Crippen LogP contribution in [-0.2, 0) is 14.3 Å². The average molecular weight is 536 g/mol. The summed E-state index contributed by atoms with van der Waals surface area (Å²) in [5.41, 5.74) is 0.208. The van der Waals surface area contributed by atoms with Crippen LogP contribution in [-0.4, -0.2) is 64.7 Å². The summed E-state index contributed by atoms with van der Waals surface area (Å²) >= 11 is 0. The second-order valence-corrected chi connectivity index (χ2v) is 10.4. The average Bonchev–Trinajstić information content (AvgIpc) is 3.12. The van der Waals surface area contributed by atoms with Crippen molar-refractivity contribution in [2.24, 2.45) is 0 Å². The summed E-state index contributed by atoms with van der Waals surface area (Å²) in [4.78, 5) is 41.1. The Hall–Kier alpha value is -3.47. The molecule has 3 rings (SSSR count). The van der Waals surface area contributed by atoms with Gasteiger partial charge in [-0.25, -0.2) is 9.18 Å². The molecule has 0 spiro atoms. The van der Waals surface area contributed by atoms with Gasteiger partial charge in [-0.2, -0.15) is 8.78 Å². The van der Waals surface area contributed by atoms with Gasteiger partial charge in [0.2, 0.25) is 0 Å². The lowest BCUT2D eigenvalue weighted by Crippen LogP contribution is -2.51. The third kappa shape index (κ3) is 6.89. The molecule has 0 saturated carbocycles. The van der Waals surface area contributed by atoms with Gasteiger partial charge >= 0.3 is 12.5 Å². The van der Waals surface area contributed by atoms with Gasteiger partial charge in [0.05, 0.1) is 6.04 Å². The third-order valence-corrected chi connectivity index (χ3v) is 5.90. The maximum absolute atomic E-state index is 13.9. The first-order valence-corrected chi connectivity index (χ1v) is 12.1. The molecule has 1 saturated heterocycles. The van der Waals surface area contributed by atoms with Gasteiger partial charge in [-0.05, 0) is 51.8 Å². The van der Waals surface area contributed by atoms with Gasteiger partial charge in [0.1, 0.15) is 29.8 Å². The van der Waals surface area contributed by atoms with Gasteiger partial charge in [0.25, 0.3) is 5.91 Å². The molecule has 8 nitrogen and oxygen atoms in total. The predicted molar refractivity (Wildman–Crippen MR) is 133 cm³/mol. The van der Waals surface area contributed by atoms with E-state index in [9.17, 15) is 27.6 Å². The molecule has 2 amide bonds. The Morgan fingerprint density at radius 1 is 1.11 bits per heavy atom. The molecule has 11 heteroatoms. The summed E-state index contributed by atoms with van der Waals surface area (Å²) in [6, 6.07) is 8.94. The number of carbonyl (C=O) groups is 3. The van der Waals surface area contributed by atoms with Gasteiger partial charge < -0.3 is 19.7 Å². The lowest BCUT2D eigenvalue weighted by Gasteiger charge is -2.32. The molecule has 0 radical (unpaired) electrons. The monoisotopic (exact) mass is 535 g/mol. The zero-order valence-corrected chi connectivity index (χ0v) is 22.0. The van der Waals surface area contributed by atoms with E-state index >= 15 is 0 Å². The molecule has 1 aromatic carbocycles. The minimum Gasteiger partial charge on any atom is -0.444 e. The number of amides is 2. The number of alkyl carbamates (subject to hydrolysis) is 1. The number of benzene rings is 1. The second-order valence-electron chi connectivity index (χ2n) is 10.4. The molecule has 0 bridgehead atoms. The standard InChI is InChI=1S/C27H32F3N3O5/c1-26(2,3)38-25(36)31-13-12-21(34)19-11-10-18(15-32-19)16-6-8-17(9-7-16)22-20(14-28)33(24(35)23(29)30)27(4,5)37-22/h6-11,15,20,22-23H,12-14H2,1-5H3,(H,31,36)/t20?,22-/m1/s1. The van der Waals surface area contributed by atoms with E-state index in [0.29, 0.717) is 11.1 Å². The largest absolute Gasteiger partial charge is 0.444 e. The zero-order chi connectivity index (χ0) is 28.3. The van der Waals surface area contributed by atoms with E-state index in [1.54, 1.807) is 57.2 Å². The summed E-state index contributed by atoms with van der Waals surface area (Å²) in [5.74, 6) is -1.72. The molecule has 1 unspecified atom stereocenters. The second kappa shape index (κ2) is 11.5. The lowest BCUT2D eigenvalue weighted by atomic mass is 9.99. The Morgan fingerprint density at radius 3 is 2.26 bits per heavy atom. The van der Waals surface area contributed by atoms with Crippen LogP contribution in [0.4, 0.5) is 18.0 Å². The molecule has 38 heavy (non-hydrogen) atoms. The highest BCUT2D eigenvalue weighted by Crippen LogP contribution is 2.42. The van der Waals surface area contributed by atoms with Crippen molar-refractivity contribution in [2.45, 2.75) is 70.9 Å². The number of alkyl halides is 3. The lowest BCUT2D eigenvalue weighted by molar-refractivity contribution is -0.159. The van der Waals surface area contributed by atoms with Crippen molar-refractivity contribution in [1.82, 2.24) is 15.2 Å². The minimum atomic E-state index is -3.27. The number of hydrogen-bond acceptors (Lipinski definition) is 6. The van der Waals surface area contributed by atoms with Crippen LogP contribution in [0.1, 0.15) is 63.2 Å². The maximum Gasteiger partial charge on any atom is 0.407 e. The van der Waals surface area contributed by atoms with E-state index < -0.39 is 48.6 Å². The number of rotatable bonds is 8. The Morgan fingerprint density at radius 2 is 1.74 bits per heavy atom. The first-order chi connectivity index (χ1) is 17.7. The highest BCUT2D eigenvalue weighted by atomic mass is 19.3. The number of carbonyl (C=O) groups excluding carboxylic acids is 3. The number of hydrogen-bond donors (Lipinski definition) is 1. The maximum atomic E-state index is 13.9. The van der Waals surface area contributed by atoms with Crippen LogP contribution < -0.4 is 5.32 Å². The van der Waals surface area contributed by atoms with Crippen LogP contribution in [0.5, 0.6) is 0 Å². The van der Waals surface area contributed by atoms with Gasteiger partial charge in [-0.15, -0.1) is 0 Å². The number of ether oxygens (including phenoxy) is 2. The number of halogens is 3. The van der Waals surface area contributed by atoms with Crippen molar-refractivity contribution in [2.75, 3.05) is 13.2 Å². The van der Waals surface area contributed by atoms with E-state index in [1.807, 2.05) is 0 Å². The number of nitrogens with zero attached hydrogens (tertiary/aromatic N) is 2. The summed E-state index contributed by atoms with van der Waals surface area (Å²) in [7, 11) is 0. The zero-order valence-electron chi connectivity index (χ0n) is 22.0. The molecule has 1 aromatic heterocycles. The molecule has 2 atom stereocenters. The topological polar surface area (TPSA) is 97.8 Å². The number of Topliss-reactive ketones (excluding diaryl/α,β-unsaturated/α-hetero) is 1. The Balaban J connectivity index is 1.65. The molecular weight excluding hydrogens is 503 g/mol. The summed E-state index contributed by atoms with van der Waals surface area (Å²) < 4.78 is 51.1. The summed E-state index contributed by atoms with van der Waals surface area (Å²) in [6.07, 6.45) is -3.20. The normalized spacial score (nSPS) is 18.9. The molecule has 1 N–H and O–H groups in total. The van der Waals surface area contributed by atoms with Crippen molar-refractivity contribution >= 4 is 17.8 Å². The van der Waals surface area contributed by atoms with E-state index in [-0.39, 0.29) is 24.4 Å². The van der Waals surface area contributed by atoms with E-state index in [0.717, 1.165) is 10.5 Å². The summed E-state index contributed by atoms with van der Waals surface area (Å²) in [6.45, 7) is 7.20. The highest BCUT2D eigenvalue weighted by molar-refractivity contribution is 5.94. The highest BCUT2D eigenvalue weighted by Gasteiger charge is 2.52. The Kier molecular flexibility index (Phi) is 8.81. The smallest absolute Gasteiger partial charge is 0.407 e. The SMILES string of the molecule is CC(C)(C)OC(=O)NCCC(=O)c1ccc(-c2ccc([C@H]3OC(C)(C)N(C(=O)C(F)F)C3CF)cc2)cn1. The molecular formula is C27H32F3N3O5. The van der Waals surface area contributed by atoms with Gasteiger partial charge in [0, 0.05) is 24.7 Å². The minimum absolute atomic E-state index is 0.0544. The molecule has 2 aromatic rings. The van der Waals surface area contributed by atoms with Gasteiger partial charge in [-0.1, -0.05) is 30.3 Å². The molecule has 0 aliphatic carbocycles. The first kappa shape index (κ1) is 29.1. The van der Waals surface area contributed by atoms with Crippen LogP contribution in [0.15, 0.2) is 42.6 Å². The van der Waals surface area contributed by atoms with Crippen molar-refractivity contribution < 1.29 is 37.0 Å². The molecule has 1 aliphatic heterocycles. The molecule has 206 valence electrons. The number of nitrogens with one attached hydrogen (secondary N) is 1. The first-order valence-electron chi connectivity index (χ1n) is 12.1. The Bertz CT molecular complexity index is 1150. The van der Waals surface area contributed by atoms with Crippen LogP contribution in [0.25, 0.3) is 11.1 Å². The van der Waals surface area contributed by atoms with Crippen LogP contribution in [0, 0.1) is 0 Å². The van der Waals surface area contributed by atoms with Gasteiger partial charge in [-0.3, -0.25) is 14.6 Å². The number of ketones is 1. The van der Waals surface area contributed by atoms with Crippen molar-refractivity contribution in [1.29, 1.82) is 0 Å². The fraction of sp³-hybridized carbons (Fsp3) is 0.481. The van der Waals surface area contributed by atoms with E-state index in [2.05, 4.69) is 10.3 Å².